The van der Waals surface area contributed by atoms with Crippen molar-refractivity contribution < 1.29 is 17.2 Å². The summed E-state index contributed by atoms with van der Waals surface area (Å²) in [5, 5.41) is 0. The van der Waals surface area contributed by atoms with Gasteiger partial charge in [0.15, 0.2) is 11.6 Å². The summed E-state index contributed by atoms with van der Waals surface area (Å²) >= 11 is 0. The summed E-state index contributed by atoms with van der Waals surface area (Å²) in [4.78, 5) is -0.724. The van der Waals surface area contributed by atoms with Crippen LogP contribution in [0, 0.1) is 17.6 Å². The molecule has 0 atom stereocenters. The molecule has 2 rings (SSSR count). The lowest BCUT2D eigenvalue weighted by molar-refractivity contribution is 0.306. The number of nitrogens with one attached hydrogen (secondary N) is 1. The van der Waals surface area contributed by atoms with Crippen LogP contribution in [0.2, 0.25) is 0 Å². The normalized spacial score (nSPS) is 23.2. The average molecular weight is 318 g/mol. The van der Waals surface area contributed by atoms with E-state index in [2.05, 4.69) is 11.6 Å². The van der Waals surface area contributed by atoms with Crippen LogP contribution in [-0.2, 0) is 10.0 Å². The van der Waals surface area contributed by atoms with Gasteiger partial charge in [0.25, 0.3) is 0 Å². The summed E-state index contributed by atoms with van der Waals surface area (Å²) in [6, 6.07) is 1.47. The van der Waals surface area contributed by atoms with Gasteiger partial charge in [-0.2, -0.15) is 0 Å². The van der Waals surface area contributed by atoms with Crippen molar-refractivity contribution in [2.24, 2.45) is 5.92 Å². The summed E-state index contributed by atoms with van der Waals surface area (Å²) in [5.41, 5.74) is 5.27. The Labute approximate surface area is 123 Å². The Bertz CT molecular complexity index is 612. The summed E-state index contributed by atoms with van der Waals surface area (Å²) in [5.74, 6) is -2.03. The molecule has 3 N–H and O–H groups in total. The first-order valence-corrected chi connectivity index (χ1v) is 8.58. The van der Waals surface area contributed by atoms with Crippen LogP contribution in [0.5, 0.6) is 0 Å². The van der Waals surface area contributed by atoms with E-state index >= 15 is 0 Å². The highest BCUT2D eigenvalue weighted by molar-refractivity contribution is 7.89. The fraction of sp³-hybridized carbons (Fsp3) is 0.571. The molecule has 7 heteroatoms. The minimum absolute atomic E-state index is 0.121. The van der Waals surface area contributed by atoms with E-state index in [-0.39, 0.29) is 11.7 Å². The third-order valence-corrected chi connectivity index (χ3v) is 5.57. The van der Waals surface area contributed by atoms with E-state index in [9.17, 15) is 17.2 Å². The largest absolute Gasteiger partial charge is 0.399 e. The molecule has 0 bridgehead atoms. The zero-order valence-corrected chi connectivity index (χ0v) is 12.7. The first-order chi connectivity index (χ1) is 9.83. The Morgan fingerprint density at radius 3 is 2.43 bits per heavy atom. The molecule has 0 unspecified atom stereocenters. The van der Waals surface area contributed by atoms with E-state index in [0.717, 1.165) is 31.4 Å². The number of nitrogens with two attached hydrogens (primary N) is 1. The van der Waals surface area contributed by atoms with E-state index < -0.39 is 26.6 Å². The van der Waals surface area contributed by atoms with Gasteiger partial charge in [-0.3, -0.25) is 0 Å². The van der Waals surface area contributed by atoms with E-state index in [0.29, 0.717) is 18.8 Å². The lowest BCUT2D eigenvalue weighted by Crippen LogP contribution is -2.38. The Morgan fingerprint density at radius 1 is 1.24 bits per heavy atom. The molecular weight excluding hydrogens is 298 g/mol. The molecule has 0 saturated heterocycles. The molecule has 1 aromatic rings. The predicted octanol–water partition coefficient (Wildman–Crippen LogP) is 2.79. The predicted molar refractivity (Wildman–Crippen MR) is 77.1 cm³/mol. The second-order valence-electron chi connectivity index (χ2n) is 5.56. The van der Waals surface area contributed by atoms with Crippen molar-refractivity contribution >= 4 is 15.7 Å². The molecule has 1 fully saturated rings. The highest BCUT2D eigenvalue weighted by Crippen LogP contribution is 2.28. The Balaban J connectivity index is 2.16. The van der Waals surface area contributed by atoms with Crippen LogP contribution >= 0.6 is 0 Å². The van der Waals surface area contributed by atoms with Crippen LogP contribution in [0.4, 0.5) is 14.5 Å². The number of rotatable bonds is 4. The Morgan fingerprint density at radius 2 is 1.86 bits per heavy atom. The number of hydrogen-bond acceptors (Lipinski definition) is 3. The van der Waals surface area contributed by atoms with Crippen LogP contribution in [0.1, 0.15) is 39.0 Å². The molecule has 0 radical (unpaired) electrons. The molecule has 0 aromatic heterocycles. The Kier molecular flexibility index (Phi) is 4.83. The first kappa shape index (κ1) is 16.2. The van der Waals surface area contributed by atoms with Gasteiger partial charge in [0.2, 0.25) is 10.0 Å². The fourth-order valence-corrected chi connectivity index (χ4v) is 4.18. The van der Waals surface area contributed by atoms with Gasteiger partial charge in [-0.25, -0.2) is 21.9 Å². The molecule has 1 aliphatic rings. The molecule has 1 aliphatic carbocycles. The van der Waals surface area contributed by atoms with Crippen molar-refractivity contribution in [3.63, 3.8) is 0 Å². The number of nitrogen functional groups attached to an aromatic ring is 1. The second-order valence-corrected chi connectivity index (χ2v) is 7.24. The van der Waals surface area contributed by atoms with Gasteiger partial charge in [-0.15, -0.1) is 0 Å². The van der Waals surface area contributed by atoms with E-state index in [4.69, 9.17) is 5.73 Å². The molecule has 1 aromatic carbocycles. The smallest absolute Gasteiger partial charge is 0.243 e. The number of hydrogen-bond donors (Lipinski definition) is 2. The van der Waals surface area contributed by atoms with Crippen LogP contribution < -0.4 is 10.5 Å². The van der Waals surface area contributed by atoms with Crippen molar-refractivity contribution in [2.75, 3.05) is 5.73 Å². The Hall–Kier alpha value is -1.21. The molecular formula is C14H20F2N2O2S. The summed E-state index contributed by atoms with van der Waals surface area (Å²) in [7, 11) is -4.10. The molecule has 0 amide bonds. The molecule has 21 heavy (non-hydrogen) atoms. The van der Waals surface area contributed by atoms with Gasteiger partial charge in [0.1, 0.15) is 4.90 Å². The summed E-state index contributed by atoms with van der Waals surface area (Å²) in [6.45, 7) is 2.11. The highest BCUT2D eigenvalue weighted by Gasteiger charge is 2.28. The van der Waals surface area contributed by atoms with Gasteiger partial charge >= 0.3 is 0 Å². The molecule has 1 saturated carbocycles. The van der Waals surface area contributed by atoms with Crippen LogP contribution in [0.15, 0.2) is 17.0 Å². The van der Waals surface area contributed by atoms with Gasteiger partial charge in [-0.05, 0) is 43.7 Å². The van der Waals surface area contributed by atoms with E-state index in [1.807, 2.05) is 0 Å². The SMILES string of the molecule is CCC1CCC(NS(=O)(=O)c2cc(N)cc(F)c2F)CC1. The summed E-state index contributed by atoms with van der Waals surface area (Å²) in [6.07, 6.45) is 4.39. The van der Waals surface area contributed by atoms with Crippen LogP contribution in [0.3, 0.4) is 0 Å². The average Bonchev–Trinajstić information content (AvgIpc) is 2.43. The maximum absolute atomic E-state index is 13.7. The molecule has 0 spiro atoms. The topological polar surface area (TPSA) is 72.2 Å². The van der Waals surface area contributed by atoms with E-state index in [1.54, 1.807) is 0 Å². The number of anilines is 1. The minimum atomic E-state index is -4.10. The van der Waals surface area contributed by atoms with Gasteiger partial charge < -0.3 is 5.73 Å². The lowest BCUT2D eigenvalue weighted by atomic mass is 9.85. The first-order valence-electron chi connectivity index (χ1n) is 7.10. The van der Waals surface area contributed by atoms with Gasteiger partial charge in [0, 0.05) is 11.7 Å². The maximum Gasteiger partial charge on any atom is 0.243 e. The van der Waals surface area contributed by atoms with Crippen molar-refractivity contribution in [1.82, 2.24) is 4.72 Å². The van der Waals surface area contributed by atoms with Gasteiger partial charge in [-0.1, -0.05) is 13.3 Å². The van der Waals surface area contributed by atoms with Crippen molar-refractivity contribution in [3.8, 4) is 0 Å². The zero-order chi connectivity index (χ0) is 15.6. The van der Waals surface area contributed by atoms with Crippen molar-refractivity contribution in [1.29, 1.82) is 0 Å². The standard InChI is InChI=1S/C14H20F2N2O2S/c1-2-9-3-5-11(6-4-9)18-21(19,20)13-8-10(17)7-12(15)14(13)16/h7-9,11,18H,2-6,17H2,1H3. The number of halogens is 2. The maximum atomic E-state index is 13.7. The van der Waals surface area contributed by atoms with Crippen LogP contribution in [0.25, 0.3) is 0 Å². The van der Waals surface area contributed by atoms with Gasteiger partial charge in [0.05, 0.1) is 0 Å². The lowest BCUT2D eigenvalue weighted by Gasteiger charge is -2.28. The highest BCUT2D eigenvalue weighted by atomic mass is 32.2. The molecule has 118 valence electrons. The fourth-order valence-electron chi connectivity index (χ4n) is 2.75. The third-order valence-electron chi connectivity index (χ3n) is 4.05. The second kappa shape index (κ2) is 6.27. The summed E-state index contributed by atoms with van der Waals surface area (Å²) < 4.78 is 53.9. The quantitative estimate of drug-likeness (QED) is 0.839. The van der Waals surface area contributed by atoms with Crippen molar-refractivity contribution in [3.05, 3.63) is 23.8 Å². The third kappa shape index (κ3) is 3.71. The van der Waals surface area contributed by atoms with Crippen LogP contribution in [-0.4, -0.2) is 14.5 Å². The molecule has 4 nitrogen and oxygen atoms in total. The zero-order valence-electron chi connectivity index (χ0n) is 11.9. The molecule has 0 heterocycles. The monoisotopic (exact) mass is 318 g/mol. The van der Waals surface area contributed by atoms with E-state index in [1.165, 1.54) is 0 Å². The number of sulfonamides is 1. The number of benzene rings is 1. The van der Waals surface area contributed by atoms with Crippen molar-refractivity contribution in [2.45, 2.75) is 50.0 Å². The minimum Gasteiger partial charge on any atom is -0.399 e. The molecule has 0 aliphatic heterocycles.